The lowest BCUT2D eigenvalue weighted by molar-refractivity contribution is 0.154. The topological polar surface area (TPSA) is 62.1 Å². The second-order valence-electron chi connectivity index (χ2n) is 4.67. The molecular weight excluding hydrogens is 355 g/mol. The Kier molecular flexibility index (Phi) is 23.7. The van der Waals surface area contributed by atoms with Crippen molar-refractivity contribution in [2.75, 3.05) is 6.61 Å². The number of halogens is 1. The van der Waals surface area contributed by atoms with Gasteiger partial charge in [-0.2, -0.15) is 5.26 Å². The van der Waals surface area contributed by atoms with Crippen molar-refractivity contribution in [3.63, 3.8) is 0 Å². The van der Waals surface area contributed by atoms with Crippen LogP contribution in [0.5, 0.6) is 0 Å². The molecule has 0 aliphatic carbocycles. The number of nitriles is 1. The van der Waals surface area contributed by atoms with Gasteiger partial charge in [-0.05, 0) is 37.1 Å². The molecule has 0 aliphatic rings. The smallest absolute Gasteiger partial charge is 0.407 e. The highest BCUT2D eigenvalue weighted by Gasteiger charge is 2.07. The fourth-order valence-corrected chi connectivity index (χ4v) is 1.59. The molecule has 0 saturated heterocycles. The Morgan fingerprint density at radius 1 is 1.29 bits per heavy atom. The first-order valence-corrected chi connectivity index (χ1v) is 9.48. The summed E-state index contributed by atoms with van der Waals surface area (Å²) in [5.74, 6) is -0.477. The molecule has 0 radical (unpaired) electrons. The number of nitrogens with one attached hydrogen (secondary N) is 1. The predicted octanol–water partition coefficient (Wildman–Crippen LogP) is 6.69. The summed E-state index contributed by atoms with van der Waals surface area (Å²) in [5, 5.41) is 11.2. The van der Waals surface area contributed by atoms with Gasteiger partial charge >= 0.3 is 6.09 Å². The molecule has 28 heavy (non-hydrogen) atoms. The Morgan fingerprint density at radius 3 is 2.32 bits per heavy atom. The van der Waals surface area contributed by atoms with Gasteiger partial charge in [0, 0.05) is 12.1 Å². The van der Waals surface area contributed by atoms with Gasteiger partial charge in [-0.1, -0.05) is 59.4 Å². The Labute approximate surface area is 170 Å². The quantitative estimate of drug-likeness (QED) is 0.435. The molecule has 1 rings (SSSR count). The van der Waals surface area contributed by atoms with E-state index in [9.17, 15) is 9.18 Å². The molecule has 1 N–H and O–H groups in total. The molecule has 0 aliphatic heterocycles. The van der Waals surface area contributed by atoms with Crippen LogP contribution in [0.15, 0.2) is 55.2 Å². The minimum atomic E-state index is -0.639. The van der Waals surface area contributed by atoms with Gasteiger partial charge in [0.05, 0.1) is 11.6 Å². The van der Waals surface area contributed by atoms with Crippen molar-refractivity contribution < 1.29 is 13.9 Å². The predicted molar refractivity (Wildman–Crippen MR) is 116 cm³/mol. The summed E-state index contributed by atoms with van der Waals surface area (Å²) >= 11 is 0. The van der Waals surface area contributed by atoms with Gasteiger partial charge in [-0.15, -0.1) is 6.58 Å². The van der Waals surface area contributed by atoms with Gasteiger partial charge in [-0.3, -0.25) is 0 Å². The number of rotatable bonds is 6. The van der Waals surface area contributed by atoms with E-state index in [1.165, 1.54) is 18.2 Å². The maximum absolute atomic E-state index is 13.5. The molecule has 0 saturated carbocycles. The lowest BCUT2D eigenvalue weighted by Crippen LogP contribution is -2.25. The van der Waals surface area contributed by atoms with Crippen molar-refractivity contribution in [2.45, 2.75) is 54.5 Å². The third-order valence-electron chi connectivity index (χ3n) is 2.79. The van der Waals surface area contributed by atoms with E-state index < -0.39 is 11.9 Å². The molecule has 4 nitrogen and oxygen atoms in total. The largest absolute Gasteiger partial charge is 0.445 e. The molecule has 1 amide bonds. The standard InChI is InChI=1S/C16H17FN2O2.C3H6.2C2H6/c1-3-5-12(4-2)11-21-16(20)19-10-14-8-13(9-18)6-7-15(14)17;1-3-2;2*1-2/h3,5-8H,1,4,10-11H2,2H3,(H,19,20);3H,1H2,2H3;2*1-2H3/b12-5+;;;. The van der Waals surface area contributed by atoms with E-state index in [1.54, 1.807) is 18.2 Å². The van der Waals surface area contributed by atoms with Crippen LogP contribution in [0.25, 0.3) is 0 Å². The lowest BCUT2D eigenvalue weighted by Gasteiger charge is -2.09. The normalized spacial score (nSPS) is 8.86. The van der Waals surface area contributed by atoms with Gasteiger partial charge in [0.2, 0.25) is 0 Å². The Morgan fingerprint density at radius 2 is 1.86 bits per heavy atom. The number of allylic oxidation sites excluding steroid dienone is 3. The Balaban J connectivity index is -0.000000789. The maximum atomic E-state index is 13.5. The first-order chi connectivity index (χ1) is 13.5. The van der Waals surface area contributed by atoms with Crippen LogP contribution in [0.2, 0.25) is 0 Å². The van der Waals surface area contributed by atoms with Crippen LogP contribution in [0.3, 0.4) is 0 Å². The van der Waals surface area contributed by atoms with Gasteiger partial charge in [0.15, 0.2) is 0 Å². The third kappa shape index (κ3) is 15.4. The number of benzene rings is 1. The first kappa shape index (κ1) is 29.9. The van der Waals surface area contributed by atoms with E-state index in [0.29, 0.717) is 5.56 Å². The Bertz CT molecular complexity index is 632. The number of ether oxygens (including phenoxy) is 1. The van der Waals surface area contributed by atoms with Crippen molar-refractivity contribution in [2.24, 2.45) is 0 Å². The van der Waals surface area contributed by atoms with E-state index in [0.717, 1.165) is 12.0 Å². The van der Waals surface area contributed by atoms with Gasteiger partial charge in [0.25, 0.3) is 0 Å². The molecule has 1 aromatic carbocycles. The van der Waals surface area contributed by atoms with Gasteiger partial charge in [0.1, 0.15) is 12.4 Å². The summed E-state index contributed by atoms with van der Waals surface area (Å²) in [6, 6.07) is 5.89. The molecule has 0 heterocycles. The molecule has 1 aromatic rings. The number of amides is 1. The number of hydrogen-bond donors (Lipinski definition) is 1. The molecule has 0 spiro atoms. The summed E-state index contributed by atoms with van der Waals surface area (Å²) in [6.45, 7) is 18.9. The van der Waals surface area contributed by atoms with Crippen LogP contribution in [-0.4, -0.2) is 12.7 Å². The number of alkyl carbamates (subject to hydrolysis) is 1. The maximum Gasteiger partial charge on any atom is 0.407 e. The fourth-order valence-electron chi connectivity index (χ4n) is 1.59. The molecule has 0 aromatic heterocycles. The number of carbonyl (C=O) groups is 1. The highest BCUT2D eigenvalue weighted by Crippen LogP contribution is 2.10. The van der Waals surface area contributed by atoms with E-state index >= 15 is 0 Å². The van der Waals surface area contributed by atoms with Gasteiger partial charge < -0.3 is 10.1 Å². The van der Waals surface area contributed by atoms with Crippen molar-refractivity contribution in [3.8, 4) is 6.07 Å². The first-order valence-electron chi connectivity index (χ1n) is 9.48. The van der Waals surface area contributed by atoms with Crippen LogP contribution in [0, 0.1) is 17.1 Å². The minimum Gasteiger partial charge on any atom is -0.445 e. The van der Waals surface area contributed by atoms with Crippen LogP contribution in [0.1, 0.15) is 59.1 Å². The zero-order chi connectivity index (χ0) is 22.4. The van der Waals surface area contributed by atoms with Crippen LogP contribution < -0.4 is 5.32 Å². The van der Waals surface area contributed by atoms with Crippen LogP contribution in [-0.2, 0) is 11.3 Å². The van der Waals surface area contributed by atoms with Gasteiger partial charge in [-0.25, -0.2) is 9.18 Å². The zero-order valence-electron chi connectivity index (χ0n) is 18.1. The van der Waals surface area contributed by atoms with E-state index in [1.807, 2.05) is 47.6 Å². The molecule has 5 heteroatoms. The molecule has 0 fully saturated rings. The second-order valence-corrected chi connectivity index (χ2v) is 4.67. The summed E-state index contributed by atoms with van der Waals surface area (Å²) in [4.78, 5) is 11.5. The van der Waals surface area contributed by atoms with Crippen molar-refractivity contribution in [1.29, 1.82) is 5.26 Å². The molecule has 0 unspecified atom stereocenters. The van der Waals surface area contributed by atoms with E-state index in [2.05, 4.69) is 18.5 Å². The van der Waals surface area contributed by atoms with Crippen molar-refractivity contribution in [1.82, 2.24) is 5.32 Å². The number of nitrogens with zero attached hydrogens (tertiary/aromatic N) is 1. The molecule has 156 valence electrons. The summed E-state index contributed by atoms with van der Waals surface area (Å²) in [6.07, 6.45) is 5.27. The molecular formula is C23H35FN2O2. The fraction of sp³-hybridized carbons (Fsp3) is 0.391. The summed E-state index contributed by atoms with van der Waals surface area (Å²) in [7, 11) is 0. The number of carbonyl (C=O) groups excluding carboxylic acids is 1. The van der Waals surface area contributed by atoms with E-state index in [-0.39, 0.29) is 18.7 Å². The summed E-state index contributed by atoms with van der Waals surface area (Å²) < 4.78 is 18.5. The van der Waals surface area contributed by atoms with Crippen LogP contribution >= 0.6 is 0 Å². The number of hydrogen-bond acceptors (Lipinski definition) is 3. The van der Waals surface area contributed by atoms with Crippen LogP contribution in [0.4, 0.5) is 9.18 Å². The molecule has 0 bridgehead atoms. The highest BCUT2D eigenvalue weighted by molar-refractivity contribution is 5.67. The highest BCUT2D eigenvalue weighted by atomic mass is 19.1. The monoisotopic (exact) mass is 390 g/mol. The van der Waals surface area contributed by atoms with Crippen molar-refractivity contribution in [3.05, 3.63) is 72.1 Å². The average molecular weight is 391 g/mol. The SMILES string of the molecule is C=C/C=C(\CC)COC(=O)NCc1cc(C#N)ccc1F.C=CC.CC.CC. The third-order valence-corrected chi connectivity index (χ3v) is 2.79. The lowest BCUT2D eigenvalue weighted by atomic mass is 10.1. The van der Waals surface area contributed by atoms with E-state index in [4.69, 9.17) is 10.00 Å². The zero-order valence-corrected chi connectivity index (χ0v) is 18.1. The molecule has 0 atom stereocenters. The minimum absolute atomic E-state index is 0.0349. The average Bonchev–Trinajstić information content (AvgIpc) is 2.74. The van der Waals surface area contributed by atoms with Crippen molar-refractivity contribution >= 4 is 6.09 Å². The Hall–Kier alpha value is -2.87. The second kappa shape index (κ2) is 22.2. The summed E-state index contributed by atoms with van der Waals surface area (Å²) in [5.41, 5.74) is 1.50.